The second-order valence-corrected chi connectivity index (χ2v) is 5.69. The minimum atomic E-state index is -0.716. The molecule has 0 radical (unpaired) electrons. The first-order chi connectivity index (χ1) is 10.9. The van der Waals surface area contributed by atoms with Gasteiger partial charge in [-0.25, -0.2) is 0 Å². The van der Waals surface area contributed by atoms with Gasteiger partial charge < -0.3 is 16.0 Å². The fraction of sp³-hybridized carbons (Fsp3) is 0.467. The molecular formula is C15H21ClN4O4. The van der Waals surface area contributed by atoms with Gasteiger partial charge in [0.05, 0.1) is 4.92 Å². The Balaban J connectivity index is 0.00000288. The van der Waals surface area contributed by atoms with E-state index in [9.17, 15) is 19.7 Å². The maximum Gasteiger partial charge on any atom is 0.270 e. The number of benzene rings is 1. The molecule has 24 heavy (non-hydrogen) atoms. The molecule has 9 heteroatoms. The summed E-state index contributed by atoms with van der Waals surface area (Å²) in [6.45, 7) is 2.71. The number of nitro benzene ring substituents is 1. The number of rotatable bonds is 4. The molecule has 1 aromatic rings. The Hall–Kier alpha value is -2.19. The van der Waals surface area contributed by atoms with Gasteiger partial charge in [0.1, 0.15) is 6.04 Å². The molecule has 1 aliphatic rings. The first-order valence-electron chi connectivity index (χ1n) is 7.48. The highest BCUT2D eigenvalue weighted by molar-refractivity contribution is 5.97. The standard InChI is InChI=1S/C15H20N4O4.ClH/c1-10(15(21)18-7-3-5-12(16)9-18)17-14(20)11-4-2-6-13(8-11)19(22)23;/h2,4,6,8,10,12H,3,5,7,9,16H2,1H3,(H,17,20);1H. The molecule has 2 atom stereocenters. The van der Waals surface area contributed by atoms with Crippen LogP contribution in [-0.2, 0) is 4.79 Å². The molecule has 1 fully saturated rings. The molecule has 0 aromatic heterocycles. The molecule has 0 saturated carbocycles. The third-order valence-corrected chi connectivity index (χ3v) is 3.81. The number of nitrogens with one attached hydrogen (secondary N) is 1. The summed E-state index contributed by atoms with van der Waals surface area (Å²) in [6.07, 6.45) is 1.73. The first-order valence-corrected chi connectivity index (χ1v) is 7.48. The number of hydrogen-bond acceptors (Lipinski definition) is 5. The number of carbonyl (C=O) groups excluding carboxylic acids is 2. The number of non-ortho nitro benzene ring substituents is 1. The number of halogens is 1. The molecule has 2 rings (SSSR count). The number of nitro groups is 1. The zero-order valence-electron chi connectivity index (χ0n) is 13.3. The van der Waals surface area contributed by atoms with Crippen molar-refractivity contribution < 1.29 is 14.5 Å². The number of likely N-dealkylation sites (tertiary alicyclic amines) is 1. The maximum absolute atomic E-state index is 12.3. The van der Waals surface area contributed by atoms with Crippen LogP contribution in [0.5, 0.6) is 0 Å². The van der Waals surface area contributed by atoms with Crippen molar-refractivity contribution in [2.75, 3.05) is 13.1 Å². The average Bonchev–Trinajstić information content (AvgIpc) is 2.54. The molecule has 132 valence electrons. The van der Waals surface area contributed by atoms with Gasteiger partial charge in [-0.15, -0.1) is 12.4 Å². The quantitative estimate of drug-likeness (QED) is 0.618. The van der Waals surface area contributed by atoms with Crippen molar-refractivity contribution in [1.82, 2.24) is 10.2 Å². The number of hydrogen-bond donors (Lipinski definition) is 2. The number of piperidine rings is 1. The predicted octanol–water partition coefficient (Wildman–Crippen LogP) is 1.08. The lowest BCUT2D eigenvalue weighted by Gasteiger charge is -2.32. The Morgan fingerprint density at radius 2 is 2.17 bits per heavy atom. The van der Waals surface area contributed by atoms with Crippen LogP contribution in [0, 0.1) is 10.1 Å². The fourth-order valence-electron chi connectivity index (χ4n) is 2.59. The van der Waals surface area contributed by atoms with E-state index in [4.69, 9.17) is 5.73 Å². The van der Waals surface area contributed by atoms with Crippen molar-refractivity contribution in [3.05, 3.63) is 39.9 Å². The molecule has 0 bridgehead atoms. The number of nitrogens with zero attached hydrogens (tertiary/aromatic N) is 2. The van der Waals surface area contributed by atoms with E-state index in [1.54, 1.807) is 11.8 Å². The highest BCUT2D eigenvalue weighted by Crippen LogP contribution is 2.14. The van der Waals surface area contributed by atoms with E-state index in [2.05, 4.69) is 5.32 Å². The molecule has 1 aliphatic heterocycles. The van der Waals surface area contributed by atoms with Crippen LogP contribution in [0.15, 0.2) is 24.3 Å². The summed E-state index contributed by atoms with van der Waals surface area (Å²) in [6, 6.07) is 4.64. The molecule has 1 aromatic carbocycles. The molecule has 2 amide bonds. The van der Waals surface area contributed by atoms with Gasteiger partial charge in [0, 0.05) is 36.8 Å². The largest absolute Gasteiger partial charge is 0.341 e. The summed E-state index contributed by atoms with van der Waals surface area (Å²) in [5.74, 6) is -0.713. The zero-order chi connectivity index (χ0) is 17.0. The molecule has 2 unspecified atom stereocenters. The monoisotopic (exact) mass is 356 g/mol. The van der Waals surface area contributed by atoms with Crippen molar-refractivity contribution in [3.8, 4) is 0 Å². The van der Waals surface area contributed by atoms with E-state index in [1.165, 1.54) is 24.3 Å². The van der Waals surface area contributed by atoms with Gasteiger partial charge >= 0.3 is 0 Å². The van der Waals surface area contributed by atoms with Crippen LogP contribution in [0.4, 0.5) is 5.69 Å². The summed E-state index contributed by atoms with van der Waals surface area (Å²) in [7, 11) is 0. The molecule has 8 nitrogen and oxygen atoms in total. The minimum Gasteiger partial charge on any atom is -0.341 e. The SMILES string of the molecule is CC(NC(=O)c1cccc([N+](=O)[O-])c1)C(=O)N1CCCC(N)C1.Cl. The molecular weight excluding hydrogens is 336 g/mol. The van der Waals surface area contributed by atoms with E-state index in [-0.39, 0.29) is 35.6 Å². The third kappa shape index (κ3) is 4.90. The third-order valence-electron chi connectivity index (χ3n) is 3.81. The minimum absolute atomic E-state index is 0. The van der Waals surface area contributed by atoms with Gasteiger partial charge in [-0.05, 0) is 25.8 Å². The van der Waals surface area contributed by atoms with E-state index in [0.29, 0.717) is 13.1 Å². The maximum atomic E-state index is 12.3. The van der Waals surface area contributed by atoms with E-state index in [0.717, 1.165) is 12.8 Å². The van der Waals surface area contributed by atoms with Crippen LogP contribution in [-0.4, -0.2) is 46.8 Å². The van der Waals surface area contributed by atoms with Gasteiger partial charge in [0.15, 0.2) is 0 Å². The van der Waals surface area contributed by atoms with Gasteiger partial charge in [-0.3, -0.25) is 19.7 Å². The Kier molecular flexibility index (Phi) is 7.12. The van der Waals surface area contributed by atoms with Crippen molar-refractivity contribution in [2.24, 2.45) is 5.73 Å². The van der Waals surface area contributed by atoms with Crippen LogP contribution >= 0.6 is 12.4 Å². The Morgan fingerprint density at radius 3 is 2.79 bits per heavy atom. The Labute approximate surface area is 145 Å². The smallest absolute Gasteiger partial charge is 0.270 e. The summed E-state index contributed by atoms with van der Waals surface area (Å²) in [5.41, 5.74) is 5.83. The summed E-state index contributed by atoms with van der Waals surface area (Å²) in [5, 5.41) is 13.3. The molecule has 1 heterocycles. The topological polar surface area (TPSA) is 119 Å². The Bertz CT molecular complexity index is 625. The molecule has 0 aliphatic carbocycles. The van der Waals surface area contributed by atoms with Gasteiger partial charge in [-0.1, -0.05) is 6.07 Å². The lowest BCUT2D eigenvalue weighted by molar-refractivity contribution is -0.384. The lowest BCUT2D eigenvalue weighted by Crippen LogP contribution is -2.52. The predicted molar refractivity (Wildman–Crippen MR) is 91.1 cm³/mol. The lowest BCUT2D eigenvalue weighted by atomic mass is 10.1. The fourth-order valence-corrected chi connectivity index (χ4v) is 2.59. The van der Waals surface area contributed by atoms with Crippen molar-refractivity contribution in [1.29, 1.82) is 0 Å². The molecule has 0 spiro atoms. The highest BCUT2D eigenvalue weighted by atomic mass is 35.5. The number of nitrogens with two attached hydrogens (primary N) is 1. The molecule has 1 saturated heterocycles. The second kappa shape index (κ2) is 8.60. The van der Waals surface area contributed by atoms with Gasteiger partial charge in [-0.2, -0.15) is 0 Å². The van der Waals surface area contributed by atoms with E-state index < -0.39 is 16.9 Å². The van der Waals surface area contributed by atoms with Gasteiger partial charge in [0.25, 0.3) is 11.6 Å². The van der Waals surface area contributed by atoms with Crippen LogP contribution in [0.1, 0.15) is 30.1 Å². The Morgan fingerprint density at radius 1 is 1.46 bits per heavy atom. The first kappa shape index (κ1) is 19.9. The van der Waals surface area contributed by atoms with Crippen LogP contribution in [0.3, 0.4) is 0 Å². The summed E-state index contributed by atoms with van der Waals surface area (Å²) >= 11 is 0. The van der Waals surface area contributed by atoms with Crippen molar-refractivity contribution in [2.45, 2.75) is 31.8 Å². The molecule has 3 N–H and O–H groups in total. The van der Waals surface area contributed by atoms with E-state index >= 15 is 0 Å². The van der Waals surface area contributed by atoms with Crippen molar-refractivity contribution in [3.63, 3.8) is 0 Å². The van der Waals surface area contributed by atoms with Crippen LogP contribution in [0.25, 0.3) is 0 Å². The summed E-state index contributed by atoms with van der Waals surface area (Å²) in [4.78, 5) is 36.3. The zero-order valence-corrected chi connectivity index (χ0v) is 14.1. The normalized spacial score (nSPS) is 18.2. The van der Waals surface area contributed by atoms with Crippen LogP contribution in [0.2, 0.25) is 0 Å². The average molecular weight is 357 g/mol. The van der Waals surface area contributed by atoms with Crippen molar-refractivity contribution >= 4 is 29.9 Å². The second-order valence-electron chi connectivity index (χ2n) is 5.69. The highest BCUT2D eigenvalue weighted by Gasteiger charge is 2.26. The summed E-state index contributed by atoms with van der Waals surface area (Å²) < 4.78 is 0. The number of amides is 2. The van der Waals surface area contributed by atoms with Crippen LogP contribution < -0.4 is 11.1 Å². The number of carbonyl (C=O) groups is 2. The van der Waals surface area contributed by atoms with E-state index in [1.807, 2.05) is 0 Å². The van der Waals surface area contributed by atoms with Gasteiger partial charge in [0.2, 0.25) is 5.91 Å².